The van der Waals surface area contributed by atoms with Crippen molar-refractivity contribution in [1.82, 2.24) is 20.4 Å². The third-order valence-corrected chi connectivity index (χ3v) is 1.31. The van der Waals surface area contributed by atoms with Crippen molar-refractivity contribution in [3.63, 3.8) is 0 Å². The van der Waals surface area contributed by atoms with E-state index in [9.17, 15) is 19.2 Å². The van der Waals surface area contributed by atoms with Gasteiger partial charge in [0.15, 0.2) is 12.1 Å². The van der Waals surface area contributed by atoms with Crippen molar-refractivity contribution in [3.05, 3.63) is 0 Å². The van der Waals surface area contributed by atoms with Crippen LogP contribution in [0.5, 0.6) is 0 Å². The van der Waals surface area contributed by atoms with E-state index >= 15 is 0 Å². The molecule has 0 atom stereocenters. The first-order valence-corrected chi connectivity index (χ1v) is 4.11. The molecule has 18 heavy (non-hydrogen) atoms. The van der Waals surface area contributed by atoms with Crippen LogP contribution in [0.15, 0.2) is 0 Å². The van der Waals surface area contributed by atoms with Crippen LogP contribution in [0.4, 0.5) is 9.59 Å². The summed E-state index contributed by atoms with van der Waals surface area (Å²) in [5.41, 5.74) is 0. The minimum absolute atomic E-state index is 0. The molecule has 0 aromatic heterocycles. The Kier molecular flexibility index (Phi) is 25.3. The minimum Gasteiger partial charge on any atom is -0.434 e. The first kappa shape index (κ1) is 26.6. The number of nitrogens with one attached hydrogen (secondary N) is 2. The Balaban J connectivity index is -0.0000000980. The van der Waals surface area contributed by atoms with Gasteiger partial charge in [-0.25, -0.2) is 0 Å². The van der Waals surface area contributed by atoms with Gasteiger partial charge in [0.25, 0.3) is 0 Å². The molecule has 2 N–H and O–H groups in total. The van der Waals surface area contributed by atoms with Crippen LogP contribution >= 0.6 is 0 Å². The molecule has 10 heteroatoms. The monoisotopic (exact) mass is 408 g/mol. The summed E-state index contributed by atoms with van der Waals surface area (Å²) in [6, 6.07) is -0.917. The van der Waals surface area contributed by atoms with Gasteiger partial charge in [0, 0.05) is 65.4 Å². The zero-order valence-corrected chi connectivity index (χ0v) is 16.4. The SMILES string of the molecule is CNC(=O)N(C)[C-]=O.CNC(=O)N(C)[C-]=O.[Y].[Y]. The van der Waals surface area contributed by atoms with Crippen molar-refractivity contribution in [3.8, 4) is 0 Å². The van der Waals surface area contributed by atoms with Crippen LogP contribution in [0, 0.1) is 0 Å². The average molecular weight is 408 g/mol. The van der Waals surface area contributed by atoms with Crippen molar-refractivity contribution in [2.24, 2.45) is 0 Å². The molecule has 6 amide bonds. The summed E-state index contributed by atoms with van der Waals surface area (Å²) in [5, 5.41) is 4.48. The second-order valence-electron chi connectivity index (χ2n) is 2.41. The van der Waals surface area contributed by atoms with E-state index in [1.54, 1.807) is 0 Å². The molecule has 0 saturated heterocycles. The van der Waals surface area contributed by atoms with E-state index in [0.29, 0.717) is 0 Å². The first-order valence-electron chi connectivity index (χ1n) is 4.11. The van der Waals surface area contributed by atoms with Gasteiger partial charge >= 0.3 is 0 Å². The Labute approximate surface area is 156 Å². The van der Waals surface area contributed by atoms with Gasteiger partial charge in [-0.3, -0.25) is 0 Å². The molecule has 0 spiro atoms. The molecule has 98 valence electrons. The topological polar surface area (TPSA) is 98.8 Å². The van der Waals surface area contributed by atoms with Gasteiger partial charge in [0.1, 0.15) is 0 Å². The Hall–Kier alpha value is 0.0878. The molecule has 0 heterocycles. The van der Waals surface area contributed by atoms with Crippen molar-refractivity contribution >= 4 is 24.9 Å². The van der Waals surface area contributed by atoms with Gasteiger partial charge in [0.2, 0.25) is 0 Å². The maximum absolute atomic E-state index is 10.3. The third-order valence-electron chi connectivity index (χ3n) is 1.31. The fourth-order valence-corrected chi connectivity index (χ4v) is 0.418. The van der Waals surface area contributed by atoms with Gasteiger partial charge in [-0.05, 0) is 28.2 Å². The molecule has 0 aliphatic rings. The van der Waals surface area contributed by atoms with E-state index < -0.39 is 12.1 Å². The maximum atomic E-state index is 10.3. The van der Waals surface area contributed by atoms with Crippen molar-refractivity contribution in [1.29, 1.82) is 0 Å². The average Bonchev–Trinajstić information content (AvgIpc) is 2.35. The number of hydrogen-bond donors (Lipinski definition) is 2. The molecule has 0 saturated carbocycles. The van der Waals surface area contributed by atoms with Crippen LogP contribution in [0.1, 0.15) is 0 Å². The van der Waals surface area contributed by atoms with Crippen LogP contribution in [-0.4, -0.2) is 62.9 Å². The smallest absolute Gasteiger partial charge is 0.163 e. The molecule has 0 aliphatic heterocycles. The largest absolute Gasteiger partial charge is 0.434 e. The molecule has 0 aromatic carbocycles. The van der Waals surface area contributed by atoms with Crippen LogP contribution in [0.25, 0.3) is 0 Å². The number of amides is 6. The van der Waals surface area contributed by atoms with Crippen LogP contribution in [0.3, 0.4) is 0 Å². The Morgan fingerprint density at radius 2 is 1.06 bits per heavy atom. The molecule has 0 bridgehead atoms. The quantitative estimate of drug-likeness (QED) is 0.436. The number of hydrogen-bond acceptors (Lipinski definition) is 4. The number of carbonyl (C=O) groups is 2. The Morgan fingerprint density at radius 3 is 1.11 bits per heavy atom. The standard InChI is InChI=1S/2C4H7N2O2.2Y/c2*1-5-4(8)6(2)3-7;;/h2*1-2H3,(H,5,8);;/q2*-1;;. The van der Waals surface area contributed by atoms with E-state index in [0.717, 1.165) is 9.80 Å². The van der Waals surface area contributed by atoms with Crippen molar-refractivity contribution < 1.29 is 84.6 Å². The van der Waals surface area contributed by atoms with Crippen molar-refractivity contribution in [2.75, 3.05) is 28.2 Å². The summed E-state index contributed by atoms with van der Waals surface area (Å²) >= 11 is 0. The predicted octanol–water partition coefficient (Wildman–Crippen LogP) is -1.36. The summed E-state index contributed by atoms with van der Waals surface area (Å²) < 4.78 is 0. The van der Waals surface area contributed by atoms with Gasteiger partial charge in [0.05, 0.1) is 12.8 Å². The van der Waals surface area contributed by atoms with E-state index in [2.05, 4.69) is 10.6 Å². The zero-order valence-electron chi connectivity index (χ0n) is 10.7. The second kappa shape index (κ2) is 17.1. The van der Waals surface area contributed by atoms with Gasteiger partial charge in [-0.2, -0.15) is 0 Å². The first-order chi connectivity index (χ1) is 7.44. The minimum atomic E-state index is -0.458. The van der Waals surface area contributed by atoms with E-state index in [1.807, 2.05) is 0 Å². The number of urea groups is 2. The summed E-state index contributed by atoms with van der Waals surface area (Å²) in [7, 11) is 5.53. The number of imide groups is 2. The van der Waals surface area contributed by atoms with Crippen LogP contribution in [-0.2, 0) is 75.0 Å². The predicted molar refractivity (Wildman–Crippen MR) is 55.8 cm³/mol. The number of nitrogens with zero attached hydrogens (tertiary/aromatic N) is 2. The summed E-state index contributed by atoms with van der Waals surface area (Å²) in [6.45, 7) is 0. The fourth-order valence-electron chi connectivity index (χ4n) is 0.418. The van der Waals surface area contributed by atoms with Gasteiger partial charge < -0.3 is 39.6 Å². The van der Waals surface area contributed by atoms with Gasteiger partial charge in [-0.1, -0.05) is 0 Å². The van der Waals surface area contributed by atoms with Crippen molar-refractivity contribution in [2.45, 2.75) is 0 Å². The molecule has 0 rings (SSSR count). The molecule has 8 nitrogen and oxygen atoms in total. The van der Waals surface area contributed by atoms with E-state index in [1.165, 1.54) is 41.0 Å². The molecular weight excluding hydrogens is 394 g/mol. The molecule has 0 unspecified atom stereocenters. The second-order valence-corrected chi connectivity index (χ2v) is 2.41. The Morgan fingerprint density at radius 1 is 0.833 bits per heavy atom. The van der Waals surface area contributed by atoms with E-state index in [-0.39, 0.29) is 65.4 Å². The molecule has 2 radical (unpaired) electrons. The molecule has 0 aliphatic carbocycles. The van der Waals surface area contributed by atoms with Crippen LogP contribution < -0.4 is 10.6 Å². The number of rotatable bonds is 2. The summed E-state index contributed by atoms with van der Waals surface area (Å²) in [4.78, 5) is 41.5. The Bertz CT molecular complexity index is 239. The van der Waals surface area contributed by atoms with E-state index in [4.69, 9.17) is 0 Å². The zero-order chi connectivity index (χ0) is 13.1. The summed E-state index contributed by atoms with van der Waals surface area (Å²) in [6.07, 6.45) is 2.77. The molecule has 0 aromatic rings. The van der Waals surface area contributed by atoms with Gasteiger partial charge in [-0.15, -0.1) is 0 Å². The van der Waals surface area contributed by atoms with Crippen LogP contribution in [0.2, 0.25) is 0 Å². The molecule has 0 fully saturated rings. The number of carbonyl (C=O) groups excluding carboxylic acids is 4. The maximum Gasteiger partial charge on any atom is 0.163 e. The third kappa shape index (κ3) is 14.1. The normalized spacial score (nSPS) is 6.89. The summed E-state index contributed by atoms with van der Waals surface area (Å²) in [5.74, 6) is 0. The molecular formula is C8H14N4O4Y2-2. The fraction of sp³-hybridized carbons (Fsp3) is 0.500.